The molecular formula is C24H31N5S. The number of hydrogen-bond acceptors (Lipinski definition) is 6. The van der Waals surface area contributed by atoms with Gasteiger partial charge in [0.1, 0.15) is 5.82 Å². The van der Waals surface area contributed by atoms with Crippen molar-refractivity contribution in [3.63, 3.8) is 0 Å². The average molecular weight is 422 g/mol. The number of para-hydroxylation sites is 1. The zero-order valence-electron chi connectivity index (χ0n) is 18.1. The quantitative estimate of drug-likeness (QED) is 0.528. The van der Waals surface area contributed by atoms with Gasteiger partial charge >= 0.3 is 0 Å². The van der Waals surface area contributed by atoms with E-state index in [2.05, 4.69) is 58.2 Å². The molecule has 6 heteroatoms. The molecule has 0 saturated heterocycles. The molecule has 0 atom stereocenters. The van der Waals surface area contributed by atoms with Crippen LogP contribution in [0.3, 0.4) is 0 Å². The fraction of sp³-hybridized carbons (Fsp3) is 0.417. The highest BCUT2D eigenvalue weighted by Crippen LogP contribution is 2.26. The molecule has 1 heterocycles. The minimum Gasteiger partial charge on any atom is -0.362 e. The van der Waals surface area contributed by atoms with Crippen molar-refractivity contribution in [2.24, 2.45) is 0 Å². The van der Waals surface area contributed by atoms with E-state index in [1.165, 1.54) is 23.3 Å². The van der Waals surface area contributed by atoms with Crippen LogP contribution < -0.4 is 15.5 Å². The summed E-state index contributed by atoms with van der Waals surface area (Å²) in [6, 6.07) is 18.1. The molecule has 1 fully saturated rings. The van der Waals surface area contributed by atoms with Crippen LogP contribution in [-0.2, 0) is 6.54 Å². The van der Waals surface area contributed by atoms with Crippen molar-refractivity contribution in [3.8, 4) is 0 Å². The molecule has 4 rings (SSSR count). The molecule has 1 saturated carbocycles. The van der Waals surface area contributed by atoms with E-state index < -0.39 is 0 Å². The number of hydrogen-bond donors (Lipinski definition) is 2. The molecule has 1 aliphatic rings. The van der Waals surface area contributed by atoms with E-state index >= 15 is 0 Å². The maximum atomic E-state index is 4.79. The zero-order chi connectivity index (χ0) is 20.9. The average Bonchev–Trinajstić information content (AvgIpc) is 2.78. The Morgan fingerprint density at radius 1 is 0.933 bits per heavy atom. The molecule has 0 amide bonds. The molecule has 0 bridgehead atoms. The van der Waals surface area contributed by atoms with Gasteiger partial charge in [-0.25, -0.2) is 4.98 Å². The lowest BCUT2D eigenvalue weighted by atomic mass is 9.91. The van der Waals surface area contributed by atoms with Gasteiger partial charge in [0, 0.05) is 43.0 Å². The predicted molar refractivity (Wildman–Crippen MR) is 129 cm³/mol. The Labute approximate surface area is 183 Å². The number of anilines is 2. The van der Waals surface area contributed by atoms with Gasteiger partial charge in [0.05, 0.1) is 5.52 Å². The van der Waals surface area contributed by atoms with Crippen LogP contribution in [0.5, 0.6) is 0 Å². The van der Waals surface area contributed by atoms with Gasteiger partial charge in [-0.05, 0) is 61.8 Å². The highest BCUT2D eigenvalue weighted by molar-refractivity contribution is 7.98. The molecule has 1 aromatic heterocycles. The second-order valence-electron chi connectivity index (χ2n) is 8.20. The Kier molecular flexibility index (Phi) is 6.75. The van der Waals surface area contributed by atoms with Gasteiger partial charge < -0.3 is 15.5 Å². The molecule has 2 aromatic carbocycles. The van der Waals surface area contributed by atoms with Crippen molar-refractivity contribution in [1.29, 1.82) is 0 Å². The molecule has 1 aliphatic carbocycles. The zero-order valence-corrected chi connectivity index (χ0v) is 18.9. The largest absolute Gasteiger partial charge is 0.362 e. The van der Waals surface area contributed by atoms with Crippen LogP contribution in [-0.4, -0.2) is 42.4 Å². The van der Waals surface area contributed by atoms with E-state index in [0.29, 0.717) is 12.1 Å². The smallest absolute Gasteiger partial charge is 0.225 e. The van der Waals surface area contributed by atoms with Crippen molar-refractivity contribution < 1.29 is 0 Å². The fourth-order valence-corrected chi connectivity index (χ4v) is 4.50. The van der Waals surface area contributed by atoms with Gasteiger partial charge in [-0.1, -0.05) is 24.3 Å². The number of aromatic nitrogens is 2. The standard InChI is InChI=1S/C24H31N5S/c1-29(2)23-21-6-4-5-7-22(21)27-24(28-23)26-19-12-10-18(11-13-19)25-16-17-8-14-20(30-3)15-9-17/h4-9,14-15,18-19,25H,10-13,16H2,1-3H3,(H,26,27,28)/t18-,19+. The lowest BCUT2D eigenvalue weighted by Gasteiger charge is -2.30. The minimum absolute atomic E-state index is 0.431. The van der Waals surface area contributed by atoms with Gasteiger partial charge in [-0.3, -0.25) is 0 Å². The number of rotatable bonds is 7. The second kappa shape index (κ2) is 9.67. The molecule has 0 unspecified atom stereocenters. The van der Waals surface area contributed by atoms with Gasteiger partial charge in [0.25, 0.3) is 0 Å². The Hall–Kier alpha value is -2.31. The number of nitrogens with zero attached hydrogens (tertiary/aromatic N) is 3. The molecule has 30 heavy (non-hydrogen) atoms. The summed E-state index contributed by atoms with van der Waals surface area (Å²) in [4.78, 5) is 12.9. The maximum absolute atomic E-state index is 4.79. The first-order valence-electron chi connectivity index (χ1n) is 10.7. The van der Waals surface area contributed by atoms with Crippen molar-refractivity contribution >= 4 is 34.4 Å². The summed E-state index contributed by atoms with van der Waals surface area (Å²) in [5.41, 5.74) is 2.34. The van der Waals surface area contributed by atoms with Gasteiger partial charge in [0.2, 0.25) is 5.95 Å². The summed E-state index contributed by atoms with van der Waals surface area (Å²) in [5.74, 6) is 1.70. The van der Waals surface area contributed by atoms with Crippen LogP contribution in [0.2, 0.25) is 0 Å². The van der Waals surface area contributed by atoms with Crippen LogP contribution in [0.1, 0.15) is 31.2 Å². The molecule has 2 N–H and O–H groups in total. The minimum atomic E-state index is 0.431. The van der Waals surface area contributed by atoms with Gasteiger partial charge in [0.15, 0.2) is 0 Å². The third kappa shape index (κ3) is 5.05. The molecule has 0 radical (unpaired) electrons. The predicted octanol–water partition coefficient (Wildman–Crippen LogP) is 4.93. The Morgan fingerprint density at radius 3 is 2.33 bits per heavy atom. The van der Waals surface area contributed by atoms with Crippen molar-refractivity contribution in [1.82, 2.24) is 15.3 Å². The lowest BCUT2D eigenvalue weighted by molar-refractivity contribution is 0.352. The summed E-state index contributed by atoms with van der Waals surface area (Å²) in [6.07, 6.45) is 6.74. The third-order valence-corrected chi connectivity index (χ3v) is 6.56. The normalized spacial score (nSPS) is 19.0. The van der Waals surface area contributed by atoms with Crippen LogP contribution in [0.4, 0.5) is 11.8 Å². The summed E-state index contributed by atoms with van der Waals surface area (Å²) in [7, 11) is 4.06. The Bertz CT molecular complexity index is 965. The number of nitrogens with one attached hydrogen (secondary N) is 2. The summed E-state index contributed by atoms with van der Waals surface area (Å²) < 4.78 is 0. The monoisotopic (exact) mass is 421 g/mol. The van der Waals surface area contributed by atoms with Crippen molar-refractivity contribution in [2.45, 2.75) is 49.2 Å². The summed E-state index contributed by atoms with van der Waals surface area (Å²) in [5, 5.41) is 8.42. The van der Waals surface area contributed by atoms with Gasteiger partial charge in [-0.2, -0.15) is 4.98 Å². The molecule has 0 aliphatic heterocycles. The van der Waals surface area contributed by atoms with Crippen LogP contribution in [0, 0.1) is 0 Å². The summed E-state index contributed by atoms with van der Waals surface area (Å²) in [6.45, 7) is 0.942. The van der Waals surface area contributed by atoms with E-state index in [1.807, 2.05) is 26.2 Å². The lowest BCUT2D eigenvalue weighted by Crippen LogP contribution is -2.37. The number of fused-ring (bicyclic) bond motifs is 1. The van der Waals surface area contributed by atoms with E-state index in [4.69, 9.17) is 9.97 Å². The fourth-order valence-electron chi connectivity index (χ4n) is 4.10. The van der Waals surface area contributed by atoms with Crippen LogP contribution in [0.25, 0.3) is 10.9 Å². The first kappa shape index (κ1) is 20.9. The third-order valence-electron chi connectivity index (χ3n) is 5.82. The molecule has 5 nitrogen and oxygen atoms in total. The SMILES string of the molecule is CSc1ccc(CN[C@H]2CC[C@@H](Nc3nc(N(C)C)c4ccccc4n3)CC2)cc1. The van der Waals surface area contributed by atoms with E-state index in [-0.39, 0.29) is 0 Å². The first-order chi connectivity index (χ1) is 14.6. The van der Waals surface area contributed by atoms with Crippen molar-refractivity contribution in [2.75, 3.05) is 30.6 Å². The first-order valence-corrected chi connectivity index (χ1v) is 11.9. The highest BCUT2D eigenvalue weighted by Gasteiger charge is 2.22. The van der Waals surface area contributed by atoms with E-state index in [9.17, 15) is 0 Å². The Morgan fingerprint density at radius 2 is 1.63 bits per heavy atom. The maximum Gasteiger partial charge on any atom is 0.225 e. The Balaban J connectivity index is 1.32. The molecule has 3 aromatic rings. The highest BCUT2D eigenvalue weighted by atomic mass is 32.2. The number of benzene rings is 2. The topological polar surface area (TPSA) is 53.1 Å². The van der Waals surface area contributed by atoms with Gasteiger partial charge in [-0.15, -0.1) is 11.8 Å². The molecule has 158 valence electrons. The van der Waals surface area contributed by atoms with Crippen LogP contribution >= 0.6 is 11.8 Å². The van der Waals surface area contributed by atoms with E-state index in [1.54, 1.807) is 11.8 Å². The van der Waals surface area contributed by atoms with Crippen molar-refractivity contribution in [3.05, 3.63) is 54.1 Å². The second-order valence-corrected chi connectivity index (χ2v) is 9.08. The summed E-state index contributed by atoms with van der Waals surface area (Å²) >= 11 is 1.79. The van der Waals surface area contributed by atoms with Crippen LogP contribution in [0.15, 0.2) is 53.4 Å². The molecular weight excluding hydrogens is 390 g/mol. The van der Waals surface area contributed by atoms with E-state index in [0.717, 1.165) is 42.1 Å². The number of thioether (sulfide) groups is 1. The molecule has 0 spiro atoms.